The van der Waals surface area contributed by atoms with E-state index in [9.17, 15) is 4.79 Å². The van der Waals surface area contributed by atoms with Crippen LogP contribution in [0.25, 0.3) is 6.08 Å². The SMILES string of the molecule is CN(CCOc1ccc(C=CC(=O)O)cc1)CC1CC1. The maximum atomic E-state index is 10.4. The number of hydrogen-bond donors (Lipinski definition) is 1. The molecule has 2 rings (SSSR count). The van der Waals surface area contributed by atoms with Crippen LogP contribution in [0.4, 0.5) is 0 Å². The monoisotopic (exact) mass is 275 g/mol. The number of nitrogens with zero attached hydrogens (tertiary/aromatic N) is 1. The summed E-state index contributed by atoms with van der Waals surface area (Å²) in [5.74, 6) is 0.779. The van der Waals surface area contributed by atoms with Gasteiger partial charge >= 0.3 is 5.97 Å². The van der Waals surface area contributed by atoms with Crippen LogP contribution >= 0.6 is 0 Å². The van der Waals surface area contributed by atoms with Crippen LogP contribution in [-0.4, -0.2) is 42.7 Å². The molecule has 1 fully saturated rings. The van der Waals surface area contributed by atoms with Gasteiger partial charge in [0.2, 0.25) is 0 Å². The van der Waals surface area contributed by atoms with E-state index in [4.69, 9.17) is 9.84 Å². The summed E-state index contributed by atoms with van der Waals surface area (Å²) >= 11 is 0. The molecule has 0 radical (unpaired) electrons. The van der Waals surface area contributed by atoms with Crippen LogP contribution in [-0.2, 0) is 4.79 Å². The van der Waals surface area contributed by atoms with Crippen LogP contribution in [0, 0.1) is 5.92 Å². The molecule has 1 aromatic carbocycles. The Kier molecular flexibility index (Phi) is 5.18. The molecule has 0 aromatic heterocycles. The summed E-state index contributed by atoms with van der Waals surface area (Å²) in [5, 5.41) is 8.55. The lowest BCUT2D eigenvalue weighted by Gasteiger charge is -2.16. The molecule has 0 heterocycles. The third-order valence-electron chi connectivity index (χ3n) is 3.31. The summed E-state index contributed by atoms with van der Waals surface area (Å²) in [6.07, 6.45) is 5.44. The number of likely N-dealkylation sites (N-methyl/N-ethyl adjacent to an activating group) is 1. The smallest absolute Gasteiger partial charge is 0.328 e. The maximum Gasteiger partial charge on any atom is 0.328 e. The van der Waals surface area contributed by atoms with E-state index in [0.717, 1.165) is 29.9 Å². The van der Waals surface area contributed by atoms with E-state index in [-0.39, 0.29) is 0 Å². The number of rotatable bonds is 8. The first-order chi connectivity index (χ1) is 9.63. The van der Waals surface area contributed by atoms with Gasteiger partial charge in [-0.1, -0.05) is 12.1 Å². The largest absolute Gasteiger partial charge is 0.492 e. The number of aliphatic carboxylic acids is 1. The molecule has 1 aliphatic carbocycles. The van der Waals surface area contributed by atoms with Gasteiger partial charge in [0.05, 0.1) is 0 Å². The Balaban J connectivity index is 1.71. The van der Waals surface area contributed by atoms with Gasteiger partial charge < -0.3 is 14.7 Å². The minimum atomic E-state index is -0.941. The van der Waals surface area contributed by atoms with Crippen molar-refractivity contribution in [1.29, 1.82) is 0 Å². The highest BCUT2D eigenvalue weighted by atomic mass is 16.5. The lowest BCUT2D eigenvalue weighted by atomic mass is 10.2. The first-order valence-electron chi connectivity index (χ1n) is 6.96. The number of carboxylic acids is 1. The highest BCUT2D eigenvalue weighted by Gasteiger charge is 2.22. The normalized spacial score (nSPS) is 14.9. The summed E-state index contributed by atoms with van der Waals surface area (Å²) in [4.78, 5) is 12.7. The summed E-state index contributed by atoms with van der Waals surface area (Å²) in [5.41, 5.74) is 0.852. The Bertz CT molecular complexity index is 463. The van der Waals surface area contributed by atoms with Crippen LogP contribution in [0.5, 0.6) is 5.75 Å². The highest BCUT2D eigenvalue weighted by molar-refractivity contribution is 5.85. The van der Waals surface area contributed by atoms with E-state index in [1.165, 1.54) is 19.4 Å². The zero-order chi connectivity index (χ0) is 14.4. The lowest BCUT2D eigenvalue weighted by Crippen LogP contribution is -2.26. The van der Waals surface area contributed by atoms with Crippen LogP contribution in [0.2, 0.25) is 0 Å². The highest BCUT2D eigenvalue weighted by Crippen LogP contribution is 2.29. The van der Waals surface area contributed by atoms with Crippen molar-refractivity contribution >= 4 is 12.0 Å². The molecular formula is C16H21NO3. The molecule has 20 heavy (non-hydrogen) atoms. The first-order valence-corrected chi connectivity index (χ1v) is 6.96. The average molecular weight is 275 g/mol. The molecule has 1 N–H and O–H groups in total. The summed E-state index contributed by atoms with van der Waals surface area (Å²) in [6, 6.07) is 7.43. The quantitative estimate of drug-likeness (QED) is 0.741. The molecule has 108 valence electrons. The van der Waals surface area contributed by atoms with Crippen molar-refractivity contribution in [1.82, 2.24) is 4.90 Å². The molecule has 0 spiro atoms. The molecule has 0 atom stereocenters. The minimum Gasteiger partial charge on any atom is -0.492 e. The zero-order valence-electron chi connectivity index (χ0n) is 11.8. The first kappa shape index (κ1) is 14.6. The summed E-state index contributed by atoms with van der Waals surface area (Å²) < 4.78 is 5.68. The topological polar surface area (TPSA) is 49.8 Å². The van der Waals surface area contributed by atoms with Crippen molar-refractivity contribution in [3.8, 4) is 5.75 Å². The molecule has 1 aliphatic rings. The van der Waals surface area contributed by atoms with Gasteiger partial charge in [0.25, 0.3) is 0 Å². The Morgan fingerprint density at radius 1 is 1.40 bits per heavy atom. The van der Waals surface area contributed by atoms with Crippen molar-refractivity contribution in [2.75, 3.05) is 26.7 Å². The van der Waals surface area contributed by atoms with Gasteiger partial charge in [-0.25, -0.2) is 4.79 Å². The van der Waals surface area contributed by atoms with E-state index >= 15 is 0 Å². The fraction of sp³-hybridized carbons (Fsp3) is 0.438. The van der Waals surface area contributed by atoms with Crippen molar-refractivity contribution < 1.29 is 14.6 Å². The van der Waals surface area contributed by atoms with Gasteiger partial charge in [0.15, 0.2) is 0 Å². The maximum absolute atomic E-state index is 10.4. The number of carboxylic acid groups (broad SMARTS) is 1. The number of ether oxygens (including phenoxy) is 1. The minimum absolute atomic E-state index is 0.674. The van der Waals surface area contributed by atoms with E-state index in [2.05, 4.69) is 11.9 Å². The third kappa shape index (κ3) is 5.45. The van der Waals surface area contributed by atoms with Gasteiger partial charge in [-0.3, -0.25) is 0 Å². The summed E-state index contributed by atoms with van der Waals surface area (Å²) in [6.45, 7) is 2.77. The number of carbonyl (C=O) groups is 1. The Morgan fingerprint density at radius 3 is 2.70 bits per heavy atom. The van der Waals surface area contributed by atoms with Gasteiger partial charge in [0, 0.05) is 19.2 Å². The summed E-state index contributed by atoms with van der Waals surface area (Å²) in [7, 11) is 2.13. The molecule has 0 amide bonds. The molecular weight excluding hydrogens is 254 g/mol. The standard InChI is InChI=1S/C16H21NO3/c1-17(12-14-2-3-14)10-11-20-15-7-4-13(5-8-15)6-9-16(18)19/h4-9,14H,2-3,10-12H2,1H3,(H,18,19). The molecule has 0 aliphatic heterocycles. The van der Waals surface area contributed by atoms with Crippen molar-refractivity contribution in [3.63, 3.8) is 0 Å². The molecule has 0 saturated heterocycles. The van der Waals surface area contributed by atoms with Gasteiger partial charge in [-0.15, -0.1) is 0 Å². The molecule has 0 unspecified atom stereocenters. The van der Waals surface area contributed by atoms with Crippen molar-refractivity contribution in [2.24, 2.45) is 5.92 Å². The lowest BCUT2D eigenvalue weighted by molar-refractivity contribution is -0.131. The van der Waals surface area contributed by atoms with Gasteiger partial charge in [-0.05, 0) is 49.6 Å². The predicted molar refractivity (Wildman–Crippen MR) is 78.8 cm³/mol. The number of hydrogen-bond acceptors (Lipinski definition) is 3. The predicted octanol–water partition coefficient (Wildman–Crippen LogP) is 2.51. The molecule has 0 bridgehead atoms. The van der Waals surface area contributed by atoms with E-state index in [0.29, 0.717) is 6.61 Å². The van der Waals surface area contributed by atoms with Crippen molar-refractivity contribution in [2.45, 2.75) is 12.8 Å². The van der Waals surface area contributed by atoms with Crippen molar-refractivity contribution in [3.05, 3.63) is 35.9 Å². The molecule has 1 saturated carbocycles. The zero-order valence-corrected chi connectivity index (χ0v) is 11.8. The Morgan fingerprint density at radius 2 is 2.10 bits per heavy atom. The van der Waals surface area contributed by atoms with Gasteiger partial charge in [0.1, 0.15) is 12.4 Å². The fourth-order valence-corrected chi connectivity index (χ4v) is 1.99. The van der Waals surface area contributed by atoms with E-state index in [1.807, 2.05) is 24.3 Å². The van der Waals surface area contributed by atoms with E-state index < -0.39 is 5.97 Å². The molecule has 4 heteroatoms. The third-order valence-corrected chi connectivity index (χ3v) is 3.31. The van der Waals surface area contributed by atoms with E-state index in [1.54, 1.807) is 6.08 Å². The van der Waals surface area contributed by atoms with Crippen LogP contribution in [0.1, 0.15) is 18.4 Å². The van der Waals surface area contributed by atoms with Gasteiger partial charge in [-0.2, -0.15) is 0 Å². The second kappa shape index (κ2) is 7.10. The molecule has 4 nitrogen and oxygen atoms in total. The fourth-order valence-electron chi connectivity index (χ4n) is 1.99. The molecule has 1 aromatic rings. The van der Waals surface area contributed by atoms with Crippen LogP contribution in [0.15, 0.2) is 30.3 Å². The Labute approximate surface area is 119 Å². The van der Waals surface area contributed by atoms with Crippen LogP contribution in [0.3, 0.4) is 0 Å². The Hall–Kier alpha value is -1.81. The second-order valence-corrected chi connectivity index (χ2v) is 5.29. The van der Waals surface area contributed by atoms with Crippen LogP contribution < -0.4 is 4.74 Å². The number of benzene rings is 1. The second-order valence-electron chi connectivity index (χ2n) is 5.29. The average Bonchev–Trinajstić information content (AvgIpc) is 3.21.